The third kappa shape index (κ3) is 3.28. The lowest BCUT2D eigenvalue weighted by Crippen LogP contribution is -1.81. The summed E-state index contributed by atoms with van der Waals surface area (Å²) in [5.41, 5.74) is 2.20. The van der Waals surface area contributed by atoms with Crippen molar-refractivity contribution in [2.45, 2.75) is 6.92 Å². The predicted molar refractivity (Wildman–Crippen MR) is 78.2 cm³/mol. The van der Waals surface area contributed by atoms with Crippen LogP contribution in [0.3, 0.4) is 0 Å². The van der Waals surface area contributed by atoms with Crippen LogP contribution in [-0.2, 0) is 0 Å². The van der Waals surface area contributed by atoms with E-state index in [1.165, 1.54) is 15.3 Å². The van der Waals surface area contributed by atoms with E-state index in [-0.39, 0.29) is 6.61 Å². The Labute approximate surface area is 114 Å². The maximum absolute atomic E-state index is 8.98. The number of aliphatic hydroxyl groups excluding tert-OH is 1. The summed E-state index contributed by atoms with van der Waals surface area (Å²) in [5, 5.41) is 8.98. The monoisotopic (exact) mass is 308 g/mol. The van der Waals surface area contributed by atoms with E-state index in [9.17, 15) is 0 Å². The Morgan fingerprint density at radius 2 is 1.94 bits per heavy atom. The van der Waals surface area contributed by atoms with Crippen molar-refractivity contribution in [1.82, 2.24) is 0 Å². The highest BCUT2D eigenvalue weighted by atomic mass is 79.9. The standard InChI is InChI=1S/C14H13BrOS/c1-10(9-16)8-13-6-7-14(17-13)11-2-4-12(15)5-3-11/h2-8,16H,9H2,1H3. The van der Waals surface area contributed by atoms with Crippen molar-refractivity contribution in [2.75, 3.05) is 6.61 Å². The van der Waals surface area contributed by atoms with Crippen LogP contribution < -0.4 is 0 Å². The maximum Gasteiger partial charge on any atom is 0.0642 e. The number of hydrogen-bond acceptors (Lipinski definition) is 2. The van der Waals surface area contributed by atoms with Crippen molar-refractivity contribution in [1.29, 1.82) is 0 Å². The molecule has 0 bridgehead atoms. The molecule has 0 fully saturated rings. The summed E-state index contributed by atoms with van der Waals surface area (Å²) >= 11 is 5.16. The van der Waals surface area contributed by atoms with E-state index >= 15 is 0 Å². The number of benzene rings is 1. The minimum absolute atomic E-state index is 0.117. The summed E-state index contributed by atoms with van der Waals surface area (Å²) in [5.74, 6) is 0. The van der Waals surface area contributed by atoms with Crippen LogP contribution in [0.15, 0.2) is 46.4 Å². The molecule has 0 unspecified atom stereocenters. The zero-order valence-electron chi connectivity index (χ0n) is 9.48. The van der Waals surface area contributed by atoms with E-state index in [1.807, 2.05) is 25.1 Å². The highest BCUT2D eigenvalue weighted by Gasteiger charge is 2.01. The van der Waals surface area contributed by atoms with Gasteiger partial charge >= 0.3 is 0 Å². The average molecular weight is 309 g/mol. The fourth-order valence-electron chi connectivity index (χ4n) is 1.49. The quantitative estimate of drug-likeness (QED) is 0.880. The number of hydrogen-bond donors (Lipinski definition) is 1. The summed E-state index contributed by atoms with van der Waals surface area (Å²) in [6, 6.07) is 12.5. The van der Waals surface area contributed by atoms with Gasteiger partial charge in [-0.3, -0.25) is 0 Å². The van der Waals surface area contributed by atoms with Gasteiger partial charge in [0.05, 0.1) is 6.61 Å². The van der Waals surface area contributed by atoms with Crippen molar-refractivity contribution >= 4 is 33.3 Å². The van der Waals surface area contributed by atoms with Crippen LogP contribution in [0.5, 0.6) is 0 Å². The van der Waals surface area contributed by atoms with Crippen molar-refractivity contribution in [2.24, 2.45) is 0 Å². The summed E-state index contributed by atoms with van der Waals surface area (Å²) in [7, 11) is 0. The van der Waals surface area contributed by atoms with E-state index < -0.39 is 0 Å². The van der Waals surface area contributed by atoms with Crippen LogP contribution in [0.25, 0.3) is 16.5 Å². The van der Waals surface area contributed by atoms with Gasteiger partial charge in [0, 0.05) is 14.2 Å². The van der Waals surface area contributed by atoms with Gasteiger partial charge in [-0.1, -0.05) is 28.1 Å². The Hall–Kier alpha value is -0.900. The first-order valence-electron chi connectivity index (χ1n) is 5.33. The van der Waals surface area contributed by atoms with Crippen molar-refractivity contribution in [3.8, 4) is 10.4 Å². The molecule has 0 amide bonds. The second kappa shape index (κ2) is 5.63. The van der Waals surface area contributed by atoms with Gasteiger partial charge in [-0.05, 0) is 48.4 Å². The molecule has 17 heavy (non-hydrogen) atoms. The summed E-state index contributed by atoms with van der Waals surface area (Å²) in [4.78, 5) is 2.42. The van der Waals surface area contributed by atoms with Gasteiger partial charge in [0.15, 0.2) is 0 Å². The Kier molecular flexibility index (Phi) is 4.15. The molecule has 3 heteroatoms. The normalized spacial score (nSPS) is 11.8. The summed E-state index contributed by atoms with van der Waals surface area (Å²) in [6.45, 7) is 2.05. The SMILES string of the molecule is CC(=Cc1ccc(-c2ccc(Br)cc2)s1)CO. The summed E-state index contributed by atoms with van der Waals surface area (Å²) < 4.78 is 1.09. The molecule has 0 saturated carbocycles. The molecule has 1 N–H and O–H groups in total. The van der Waals surface area contributed by atoms with Crippen LogP contribution >= 0.6 is 27.3 Å². The molecule has 1 nitrogen and oxygen atoms in total. The first-order chi connectivity index (χ1) is 8.19. The van der Waals surface area contributed by atoms with Crippen LogP contribution in [0.2, 0.25) is 0 Å². The highest BCUT2D eigenvalue weighted by molar-refractivity contribution is 9.10. The number of thiophene rings is 1. The molecule has 0 aliphatic rings. The van der Waals surface area contributed by atoms with Crippen molar-refractivity contribution in [3.05, 3.63) is 51.3 Å². The highest BCUT2D eigenvalue weighted by Crippen LogP contribution is 2.30. The Bertz CT molecular complexity index is 525. The molecule has 0 spiro atoms. The first kappa shape index (κ1) is 12.6. The van der Waals surface area contributed by atoms with Gasteiger partial charge in [-0.25, -0.2) is 0 Å². The van der Waals surface area contributed by atoms with E-state index in [4.69, 9.17) is 5.11 Å². The average Bonchev–Trinajstić information content (AvgIpc) is 2.78. The summed E-state index contributed by atoms with van der Waals surface area (Å²) in [6.07, 6.45) is 2.02. The van der Waals surface area contributed by atoms with Crippen LogP contribution in [0.1, 0.15) is 11.8 Å². The molecular weight excluding hydrogens is 296 g/mol. The van der Waals surface area contributed by atoms with Crippen molar-refractivity contribution in [3.63, 3.8) is 0 Å². The minimum atomic E-state index is 0.117. The second-order valence-corrected chi connectivity index (χ2v) is 5.89. The van der Waals surface area contributed by atoms with Crippen LogP contribution in [-0.4, -0.2) is 11.7 Å². The van der Waals surface area contributed by atoms with E-state index in [2.05, 4.69) is 40.2 Å². The largest absolute Gasteiger partial charge is 0.392 e. The predicted octanol–water partition coefficient (Wildman–Crippen LogP) is 4.57. The van der Waals surface area contributed by atoms with E-state index in [0.717, 1.165) is 10.0 Å². The van der Waals surface area contributed by atoms with Gasteiger partial charge in [0.25, 0.3) is 0 Å². The second-order valence-electron chi connectivity index (χ2n) is 3.86. The molecule has 0 aliphatic heterocycles. The minimum Gasteiger partial charge on any atom is -0.392 e. The van der Waals surface area contributed by atoms with Crippen LogP contribution in [0, 0.1) is 0 Å². The zero-order valence-corrected chi connectivity index (χ0v) is 11.9. The van der Waals surface area contributed by atoms with Gasteiger partial charge in [-0.15, -0.1) is 11.3 Å². The lowest BCUT2D eigenvalue weighted by molar-refractivity contribution is 0.332. The molecule has 88 valence electrons. The van der Waals surface area contributed by atoms with E-state index in [0.29, 0.717) is 0 Å². The molecule has 1 aromatic carbocycles. The topological polar surface area (TPSA) is 20.2 Å². The third-order valence-electron chi connectivity index (χ3n) is 2.39. The maximum atomic E-state index is 8.98. The van der Waals surface area contributed by atoms with Gasteiger partial charge < -0.3 is 5.11 Å². The Morgan fingerprint density at radius 3 is 2.59 bits per heavy atom. The Morgan fingerprint density at radius 1 is 1.24 bits per heavy atom. The molecule has 1 aromatic heterocycles. The molecule has 0 atom stereocenters. The molecule has 0 aliphatic carbocycles. The fraction of sp³-hybridized carbons (Fsp3) is 0.143. The number of rotatable bonds is 3. The first-order valence-corrected chi connectivity index (χ1v) is 6.94. The molecule has 2 rings (SSSR count). The molecular formula is C14H13BrOS. The molecule has 2 aromatic rings. The smallest absolute Gasteiger partial charge is 0.0642 e. The molecule has 0 saturated heterocycles. The molecule has 1 heterocycles. The van der Waals surface area contributed by atoms with E-state index in [1.54, 1.807) is 11.3 Å². The lowest BCUT2D eigenvalue weighted by Gasteiger charge is -1.96. The molecule has 0 radical (unpaired) electrons. The third-order valence-corrected chi connectivity index (χ3v) is 4.00. The Balaban J connectivity index is 2.27. The van der Waals surface area contributed by atoms with Gasteiger partial charge in [0.2, 0.25) is 0 Å². The van der Waals surface area contributed by atoms with Crippen LogP contribution in [0.4, 0.5) is 0 Å². The number of halogens is 1. The zero-order chi connectivity index (χ0) is 12.3. The van der Waals surface area contributed by atoms with Gasteiger partial charge in [-0.2, -0.15) is 0 Å². The lowest BCUT2D eigenvalue weighted by atomic mass is 10.2. The fourth-order valence-corrected chi connectivity index (χ4v) is 2.79. The van der Waals surface area contributed by atoms with Crippen molar-refractivity contribution < 1.29 is 5.11 Å². The van der Waals surface area contributed by atoms with Gasteiger partial charge in [0.1, 0.15) is 0 Å². The number of aliphatic hydroxyl groups is 1.